The first-order valence-corrected chi connectivity index (χ1v) is 10.1. The minimum atomic E-state index is -0.220. The van der Waals surface area contributed by atoms with E-state index in [-0.39, 0.29) is 11.7 Å². The predicted octanol–water partition coefficient (Wildman–Crippen LogP) is 4.41. The maximum atomic E-state index is 9.98. The molecule has 0 amide bonds. The normalized spacial score (nSPS) is 52.1. The van der Waals surface area contributed by atoms with Gasteiger partial charge in [0, 0.05) is 5.41 Å². The van der Waals surface area contributed by atoms with Crippen molar-refractivity contribution in [2.75, 3.05) is 6.61 Å². The number of hydrogen-bond acceptors (Lipinski definition) is 2. The number of aliphatic hydroxyl groups excluding tert-OH is 1. The third-order valence-electron chi connectivity index (χ3n) is 8.33. The van der Waals surface area contributed by atoms with Crippen molar-refractivity contribution in [1.82, 2.24) is 0 Å². The molecule has 4 aliphatic carbocycles. The summed E-state index contributed by atoms with van der Waals surface area (Å²) in [6.45, 7) is 3.20. The number of allylic oxidation sites excluding steroid dienone is 3. The van der Waals surface area contributed by atoms with Gasteiger partial charge in [0.05, 0.1) is 18.3 Å². The Bertz CT molecular complexity index is 617. The minimum Gasteiger partial charge on any atom is -0.389 e. The standard InChI is InChI=1S/C22H30O2/c1-2-21-11-8-18-17-7-5-16(23)14-15(17)4-6-19(18)20(21)9-12-22(21)10-3-13-24-22/h3-4,6,10,14,16-20,23H,2,5,7-9,11-13H2,1H3. The van der Waals surface area contributed by atoms with E-state index in [0.717, 1.165) is 24.9 Å². The number of ether oxygens (including phenoxy) is 1. The lowest BCUT2D eigenvalue weighted by atomic mass is 9.51. The summed E-state index contributed by atoms with van der Waals surface area (Å²) >= 11 is 0. The molecule has 0 aromatic rings. The Labute approximate surface area is 145 Å². The molecule has 1 heterocycles. The van der Waals surface area contributed by atoms with Crippen molar-refractivity contribution >= 4 is 0 Å². The molecule has 2 saturated carbocycles. The number of rotatable bonds is 1. The summed E-state index contributed by atoms with van der Waals surface area (Å²) in [4.78, 5) is 0. The molecular weight excluding hydrogens is 296 g/mol. The summed E-state index contributed by atoms with van der Waals surface area (Å²) in [6.07, 6.45) is 20.0. The van der Waals surface area contributed by atoms with Crippen molar-refractivity contribution < 1.29 is 9.84 Å². The fourth-order valence-electron chi connectivity index (χ4n) is 7.32. The molecule has 0 saturated heterocycles. The smallest absolute Gasteiger partial charge is 0.0926 e. The molecule has 1 spiro atoms. The molecule has 0 aromatic heterocycles. The molecule has 7 atom stereocenters. The van der Waals surface area contributed by atoms with Crippen LogP contribution in [-0.4, -0.2) is 23.4 Å². The third kappa shape index (κ3) is 1.85. The Morgan fingerprint density at radius 2 is 2.12 bits per heavy atom. The molecule has 0 radical (unpaired) electrons. The first-order valence-electron chi connectivity index (χ1n) is 10.1. The van der Waals surface area contributed by atoms with Crippen LogP contribution in [0.2, 0.25) is 0 Å². The Kier molecular flexibility index (Phi) is 3.41. The van der Waals surface area contributed by atoms with E-state index in [2.05, 4.69) is 37.3 Å². The summed E-state index contributed by atoms with van der Waals surface area (Å²) in [5.41, 5.74) is 1.80. The number of aliphatic hydroxyl groups is 1. The van der Waals surface area contributed by atoms with Gasteiger partial charge in [-0.05, 0) is 74.2 Å². The molecule has 24 heavy (non-hydrogen) atoms. The van der Waals surface area contributed by atoms with Crippen LogP contribution >= 0.6 is 0 Å². The first-order chi connectivity index (χ1) is 11.7. The summed E-state index contributed by atoms with van der Waals surface area (Å²) in [5, 5.41) is 9.98. The minimum absolute atomic E-state index is 0.0318. The number of hydrogen-bond donors (Lipinski definition) is 1. The lowest BCUT2D eigenvalue weighted by molar-refractivity contribution is -0.112. The average molecular weight is 326 g/mol. The van der Waals surface area contributed by atoms with Gasteiger partial charge in [-0.15, -0.1) is 0 Å². The SMILES string of the molecule is CCC12CCC3C4CCC(O)C=C4C=CC3C1CCC21C=CCO1. The van der Waals surface area contributed by atoms with Crippen LogP contribution in [0.3, 0.4) is 0 Å². The van der Waals surface area contributed by atoms with E-state index in [1.54, 1.807) is 0 Å². The van der Waals surface area contributed by atoms with E-state index < -0.39 is 0 Å². The predicted molar refractivity (Wildman–Crippen MR) is 95.4 cm³/mol. The molecule has 2 nitrogen and oxygen atoms in total. The topological polar surface area (TPSA) is 29.5 Å². The van der Waals surface area contributed by atoms with Gasteiger partial charge in [-0.3, -0.25) is 0 Å². The Morgan fingerprint density at radius 1 is 1.21 bits per heavy atom. The molecular formula is C22H30O2. The second-order valence-electron chi connectivity index (χ2n) is 8.81. The van der Waals surface area contributed by atoms with Crippen molar-refractivity contribution in [2.24, 2.45) is 29.1 Å². The molecule has 5 rings (SSSR count). The zero-order chi connectivity index (χ0) is 16.4. The second kappa shape index (κ2) is 5.32. The second-order valence-corrected chi connectivity index (χ2v) is 8.81. The largest absolute Gasteiger partial charge is 0.389 e. The average Bonchev–Trinajstić information content (AvgIpc) is 3.21. The van der Waals surface area contributed by atoms with Gasteiger partial charge in [-0.1, -0.05) is 37.3 Å². The van der Waals surface area contributed by atoms with Crippen LogP contribution in [0.1, 0.15) is 51.9 Å². The Hall–Kier alpha value is -0.860. The van der Waals surface area contributed by atoms with Gasteiger partial charge >= 0.3 is 0 Å². The number of fused-ring (bicyclic) bond motifs is 6. The molecule has 5 aliphatic rings. The molecule has 2 heteroatoms. The van der Waals surface area contributed by atoms with Gasteiger partial charge in [0.25, 0.3) is 0 Å². The zero-order valence-electron chi connectivity index (χ0n) is 14.8. The maximum absolute atomic E-state index is 9.98. The lowest BCUT2D eigenvalue weighted by Gasteiger charge is -2.55. The molecule has 0 aromatic carbocycles. The maximum Gasteiger partial charge on any atom is 0.0926 e. The van der Waals surface area contributed by atoms with Crippen LogP contribution < -0.4 is 0 Å². The van der Waals surface area contributed by atoms with Crippen molar-refractivity contribution in [2.45, 2.75) is 63.6 Å². The summed E-state index contributed by atoms with van der Waals surface area (Å²) in [7, 11) is 0. The van der Waals surface area contributed by atoms with Crippen LogP contribution in [0.25, 0.3) is 0 Å². The van der Waals surface area contributed by atoms with Gasteiger partial charge in [0.1, 0.15) is 0 Å². The van der Waals surface area contributed by atoms with Crippen LogP contribution in [0.15, 0.2) is 36.0 Å². The van der Waals surface area contributed by atoms with Crippen LogP contribution in [0.4, 0.5) is 0 Å². The molecule has 1 N–H and O–H groups in total. The molecule has 7 unspecified atom stereocenters. The van der Waals surface area contributed by atoms with Crippen molar-refractivity contribution in [3.8, 4) is 0 Å². The van der Waals surface area contributed by atoms with Crippen molar-refractivity contribution in [1.29, 1.82) is 0 Å². The van der Waals surface area contributed by atoms with Crippen molar-refractivity contribution in [3.63, 3.8) is 0 Å². The fourth-order valence-corrected chi connectivity index (χ4v) is 7.32. The van der Waals surface area contributed by atoms with E-state index in [1.807, 2.05) is 0 Å². The third-order valence-corrected chi connectivity index (χ3v) is 8.33. The molecule has 2 fully saturated rings. The van der Waals surface area contributed by atoms with Gasteiger partial charge in [0.15, 0.2) is 0 Å². The van der Waals surface area contributed by atoms with Gasteiger partial charge in [-0.25, -0.2) is 0 Å². The van der Waals surface area contributed by atoms with Crippen LogP contribution in [0.5, 0.6) is 0 Å². The van der Waals surface area contributed by atoms with E-state index >= 15 is 0 Å². The summed E-state index contributed by atoms with van der Waals surface area (Å²) in [5.74, 6) is 2.97. The van der Waals surface area contributed by atoms with E-state index in [1.165, 1.54) is 44.1 Å². The van der Waals surface area contributed by atoms with E-state index in [9.17, 15) is 5.11 Å². The monoisotopic (exact) mass is 326 g/mol. The lowest BCUT2D eigenvalue weighted by Crippen LogP contribution is -2.52. The van der Waals surface area contributed by atoms with Gasteiger partial charge in [0.2, 0.25) is 0 Å². The highest BCUT2D eigenvalue weighted by Crippen LogP contribution is 2.67. The Morgan fingerprint density at radius 3 is 2.92 bits per heavy atom. The highest BCUT2D eigenvalue weighted by molar-refractivity contribution is 5.34. The fraction of sp³-hybridized carbons (Fsp3) is 0.727. The van der Waals surface area contributed by atoms with Gasteiger partial charge < -0.3 is 9.84 Å². The van der Waals surface area contributed by atoms with Gasteiger partial charge in [-0.2, -0.15) is 0 Å². The quantitative estimate of drug-likeness (QED) is 0.723. The van der Waals surface area contributed by atoms with Crippen molar-refractivity contribution in [3.05, 3.63) is 36.0 Å². The molecule has 0 bridgehead atoms. The highest BCUT2D eigenvalue weighted by Gasteiger charge is 2.64. The summed E-state index contributed by atoms with van der Waals surface area (Å²) < 4.78 is 6.39. The molecule has 1 aliphatic heterocycles. The first kappa shape index (κ1) is 15.4. The van der Waals surface area contributed by atoms with Crippen LogP contribution in [0, 0.1) is 29.1 Å². The zero-order valence-corrected chi connectivity index (χ0v) is 14.8. The van der Waals surface area contributed by atoms with Crippen LogP contribution in [-0.2, 0) is 4.74 Å². The van der Waals surface area contributed by atoms with E-state index in [4.69, 9.17) is 4.74 Å². The molecule has 130 valence electrons. The Balaban J connectivity index is 1.53. The highest BCUT2D eigenvalue weighted by atomic mass is 16.5. The van der Waals surface area contributed by atoms with E-state index in [0.29, 0.717) is 17.3 Å². The summed E-state index contributed by atoms with van der Waals surface area (Å²) in [6, 6.07) is 0.